The summed E-state index contributed by atoms with van der Waals surface area (Å²) >= 11 is 5.19. The number of thiocarbonyl (C=S) groups is 1. The van der Waals surface area contributed by atoms with Crippen LogP contribution in [0.5, 0.6) is 0 Å². The average molecular weight is 387 g/mol. The first kappa shape index (κ1) is 18.7. The Labute approximate surface area is 153 Å². The summed E-state index contributed by atoms with van der Waals surface area (Å²) in [6, 6.07) is 4.00. The van der Waals surface area contributed by atoms with Gasteiger partial charge in [0.25, 0.3) is 0 Å². The lowest BCUT2D eigenvalue weighted by atomic mass is 10.2. The van der Waals surface area contributed by atoms with E-state index in [0.717, 1.165) is 18.7 Å². The molecule has 0 saturated carbocycles. The van der Waals surface area contributed by atoms with Gasteiger partial charge in [0, 0.05) is 32.2 Å². The van der Waals surface area contributed by atoms with Crippen LogP contribution in [-0.4, -0.2) is 41.1 Å². The van der Waals surface area contributed by atoms with Crippen molar-refractivity contribution in [1.29, 1.82) is 0 Å². The zero-order chi connectivity index (χ0) is 18.7. The Morgan fingerprint density at radius 3 is 2.62 bits per heavy atom. The molecule has 2 heterocycles. The third-order valence-corrected chi connectivity index (χ3v) is 4.54. The topological polar surface area (TPSA) is 31.6 Å². The molecule has 0 spiro atoms. The van der Waals surface area contributed by atoms with Gasteiger partial charge in [0.2, 0.25) is 0 Å². The van der Waals surface area contributed by atoms with Gasteiger partial charge in [-0.2, -0.15) is 0 Å². The fourth-order valence-corrected chi connectivity index (χ4v) is 3.11. The number of anilines is 1. The summed E-state index contributed by atoms with van der Waals surface area (Å²) in [6.45, 7) is 3.25. The predicted molar refractivity (Wildman–Crippen MR) is 92.7 cm³/mol. The van der Waals surface area contributed by atoms with Crippen LogP contribution in [0.3, 0.4) is 0 Å². The Bertz CT molecular complexity index is 785. The summed E-state index contributed by atoms with van der Waals surface area (Å²) in [4.78, 5) is 3.93. The van der Waals surface area contributed by atoms with Gasteiger partial charge in [0.05, 0.1) is 12.8 Å². The van der Waals surface area contributed by atoms with Gasteiger partial charge in [-0.15, -0.1) is 0 Å². The van der Waals surface area contributed by atoms with Crippen molar-refractivity contribution in [3.8, 4) is 0 Å². The zero-order valence-electron chi connectivity index (χ0n) is 13.8. The van der Waals surface area contributed by atoms with E-state index in [4.69, 9.17) is 16.6 Å². The van der Waals surface area contributed by atoms with Gasteiger partial charge in [-0.3, -0.25) is 4.90 Å². The number of benzene rings is 1. The number of furan rings is 1. The van der Waals surface area contributed by atoms with Crippen LogP contribution in [-0.2, 0) is 6.54 Å². The Morgan fingerprint density at radius 2 is 1.88 bits per heavy atom. The minimum absolute atomic E-state index is 0.0636. The molecular formula is C17H17F4N3OS. The lowest BCUT2D eigenvalue weighted by molar-refractivity contribution is 0.255. The molecule has 3 rings (SSSR count). The maximum absolute atomic E-state index is 13.8. The van der Waals surface area contributed by atoms with Gasteiger partial charge in [-0.25, -0.2) is 17.6 Å². The highest BCUT2D eigenvalue weighted by molar-refractivity contribution is 7.80. The largest absolute Gasteiger partial charge is 0.468 e. The third-order valence-electron chi connectivity index (χ3n) is 4.18. The minimum atomic E-state index is -1.74. The molecule has 0 radical (unpaired) electrons. The molecule has 9 heteroatoms. The van der Waals surface area contributed by atoms with Crippen molar-refractivity contribution in [3.63, 3.8) is 0 Å². The standard InChI is InChI=1S/C17H17F4N3OS/c18-12-9-13(19)16(15(21)14(12)20)22-17(26)24-5-2-4-23(6-7-24)10-11-3-1-8-25-11/h1,3,8-9H,2,4-7,10H2,(H,22,26). The zero-order valence-corrected chi connectivity index (χ0v) is 14.6. The van der Waals surface area contributed by atoms with Gasteiger partial charge in [0.15, 0.2) is 28.4 Å². The van der Waals surface area contributed by atoms with E-state index in [1.165, 1.54) is 0 Å². The number of nitrogens with zero attached hydrogens (tertiary/aromatic N) is 2. The molecule has 140 valence electrons. The van der Waals surface area contributed by atoms with E-state index in [-0.39, 0.29) is 11.2 Å². The Kier molecular flexibility index (Phi) is 5.77. The number of nitrogens with one attached hydrogen (secondary N) is 1. The lowest BCUT2D eigenvalue weighted by Gasteiger charge is -2.24. The van der Waals surface area contributed by atoms with E-state index in [1.807, 2.05) is 12.1 Å². The van der Waals surface area contributed by atoms with E-state index in [2.05, 4.69) is 10.2 Å². The molecule has 4 nitrogen and oxygen atoms in total. The van der Waals surface area contributed by atoms with Crippen LogP contribution in [0.1, 0.15) is 12.2 Å². The van der Waals surface area contributed by atoms with Crippen molar-refractivity contribution in [2.75, 3.05) is 31.5 Å². The summed E-state index contributed by atoms with van der Waals surface area (Å²) in [5.74, 6) is -5.33. The second-order valence-electron chi connectivity index (χ2n) is 5.97. The fourth-order valence-electron chi connectivity index (χ4n) is 2.82. The number of rotatable bonds is 3. The maximum atomic E-state index is 13.8. The molecule has 1 aromatic heterocycles. The van der Waals surface area contributed by atoms with Gasteiger partial charge in [-0.05, 0) is 30.8 Å². The van der Waals surface area contributed by atoms with Crippen LogP contribution >= 0.6 is 12.2 Å². The van der Waals surface area contributed by atoms with Crippen molar-refractivity contribution in [2.45, 2.75) is 13.0 Å². The smallest absolute Gasteiger partial charge is 0.196 e. The summed E-state index contributed by atoms with van der Waals surface area (Å²) in [5.41, 5.74) is -0.786. The molecule has 1 fully saturated rings. The van der Waals surface area contributed by atoms with Gasteiger partial charge in [0.1, 0.15) is 11.4 Å². The molecule has 1 aliphatic rings. The molecule has 1 aromatic carbocycles. The van der Waals surface area contributed by atoms with Crippen LogP contribution in [0.2, 0.25) is 0 Å². The van der Waals surface area contributed by atoms with E-state index in [1.54, 1.807) is 11.2 Å². The molecule has 0 amide bonds. The molecular weight excluding hydrogens is 370 g/mol. The van der Waals surface area contributed by atoms with Crippen LogP contribution in [0, 0.1) is 23.3 Å². The molecule has 1 aliphatic heterocycles. The van der Waals surface area contributed by atoms with Crippen LogP contribution in [0.4, 0.5) is 23.2 Å². The maximum Gasteiger partial charge on any atom is 0.196 e. The molecule has 0 unspecified atom stereocenters. The van der Waals surface area contributed by atoms with Crippen molar-refractivity contribution in [1.82, 2.24) is 9.80 Å². The summed E-state index contributed by atoms with van der Waals surface area (Å²) < 4.78 is 59.2. The summed E-state index contributed by atoms with van der Waals surface area (Å²) in [7, 11) is 0. The fraction of sp³-hybridized carbons (Fsp3) is 0.353. The number of halogens is 4. The quantitative estimate of drug-likeness (QED) is 0.375. The first-order valence-corrected chi connectivity index (χ1v) is 8.50. The van der Waals surface area contributed by atoms with Crippen LogP contribution in [0.25, 0.3) is 0 Å². The molecule has 26 heavy (non-hydrogen) atoms. The first-order chi connectivity index (χ1) is 12.5. The molecule has 0 aliphatic carbocycles. The summed E-state index contributed by atoms with van der Waals surface area (Å²) in [5, 5.41) is 2.43. The second kappa shape index (κ2) is 8.05. The van der Waals surface area contributed by atoms with E-state index in [9.17, 15) is 17.6 Å². The second-order valence-corrected chi connectivity index (χ2v) is 6.36. The van der Waals surface area contributed by atoms with Crippen LogP contribution < -0.4 is 5.32 Å². The van der Waals surface area contributed by atoms with Crippen molar-refractivity contribution in [2.24, 2.45) is 0 Å². The molecule has 0 bridgehead atoms. The van der Waals surface area contributed by atoms with Crippen LogP contribution in [0.15, 0.2) is 28.9 Å². The molecule has 1 N–H and O–H groups in total. The first-order valence-electron chi connectivity index (χ1n) is 8.09. The Morgan fingerprint density at radius 1 is 1.08 bits per heavy atom. The third kappa shape index (κ3) is 4.16. The van der Waals surface area contributed by atoms with Gasteiger partial charge >= 0.3 is 0 Å². The normalized spacial score (nSPS) is 15.8. The Hall–Kier alpha value is -2.13. The monoisotopic (exact) mass is 387 g/mol. The van der Waals surface area contributed by atoms with Crippen molar-refractivity contribution >= 4 is 23.0 Å². The average Bonchev–Trinajstić information content (AvgIpc) is 3.01. The van der Waals surface area contributed by atoms with Gasteiger partial charge in [-0.1, -0.05) is 0 Å². The van der Waals surface area contributed by atoms with E-state index in [0.29, 0.717) is 26.2 Å². The molecule has 0 atom stereocenters. The van der Waals surface area contributed by atoms with Gasteiger partial charge < -0.3 is 14.6 Å². The van der Waals surface area contributed by atoms with E-state index < -0.39 is 29.0 Å². The molecule has 1 saturated heterocycles. The predicted octanol–water partition coefficient (Wildman–Crippen LogP) is 3.74. The van der Waals surface area contributed by atoms with Crippen molar-refractivity contribution in [3.05, 3.63) is 53.5 Å². The lowest BCUT2D eigenvalue weighted by Crippen LogP contribution is -2.38. The highest BCUT2D eigenvalue weighted by atomic mass is 32.1. The summed E-state index contributed by atoms with van der Waals surface area (Å²) in [6.07, 6.45) is 2.40. The minimum Gasteiger partial charge on any atom is -0.468 e. The number of hydrogen-bond donors (Lipinski definition) is 1. The highest BCUT2D eigenvalue weighted by Crippen LogP contribution is 2.24. The molecule has 2 aromatic rings. The number of hydrogen-bond acceptors (Lipinski definition) is 3. The van der Waals surface area contributed by atoms with E-state index >= 15 is 0 Å². The SMILES string of the molecule is Fc1cc(F)c(NC(=S)N2CCCN(Cc3ccco3)CC2)c(F)c1F. The highest BCUT2D eigenvalue weighted by Gasteiger charge is 2.23. The Balaban J connectivity index is 1.63. The van der Waals surface area contributed by atoms with Crippen molar-refractivity contribution < 1.29 is 22.0 Å².